The minimum Gasteiger partial charge on any atom is -0.496 e. The number of hydrogen-bond donors (Lipinski definition) is 4. The number of carboxylic acids is 1. The number of carboxylic acid groups (broad SMARTS) is 1. The first-order valence-electron chi connectivity index (χ1n) is 11.6. The van der Waals surface area contributed by atoms with Crippen LogP contribution in [-0.4, -0.2) is 60.1 Å². The number of anilines is 1. The van der Waals surface area contributed by atoms with Gasteiger partial charge in [0.25, 0.3) is 0 Å². The lowest BCUT2D eigenvalue weighted by Gasteiger charge is -2.26. The molecule has 4 N–H and O–H groups in total. The number of rotatable bonds is 9. The Bertz CT molecular complexity index is 1350. The first-order valence-corrected chi connectivity index (χ1v) is 11.6. The molecule has 0 fully saturated rings. The third-order valence-electron chi connectivity index (χ3n) is 5.89. The van der Waals surface area contributed by atoms with Gasteiger partial charge in [-0.3, -0.25) is 14.6 Å². The van der Waals surface area contributed by atoms with Crippen LogP contribution in [0.1, 0.15) is 42.4 Å². The van der Waals surface area contributed by atoms with E-state index in [-0.39, 0.29) is 18.4 Å². The van der Waals surface area contributed by atoms with Gasteiger partial charge >= 0.3 is 17.8 Å². The lowest BCUT2D eigenvalue weighted by atomic mass is 10.0. The van der Waals surface area contributed by atoms with E-state index in [1.807, 2.05) is 0 Å². The molecular weight excluding hydrogens is 480 g/mol. The van der Waals surface area contributed by atoms with Crippen LogP contribution in [0.4, 0.5) is 5.69 Å². The highest BCUT2D eigenvalue weighted by molar-refractivity contribution is 6.39. The number of benzene rings is 2. The van der Waals surface area contributed by atoms with Crippen molar-refractivity contribution in [3.8, 4) is 11.5 Å². The summed E-state index contributed by atoms with van der Waals surface area (Å²) < 4.78 is 16.6. The number of fused-ring (bicyclic) bond motifs is 1. The first kappa shape index (κ1) is 25.5. The van der Waals surface area contributed by atoms with Crippen LogP contribution in [0.5, 0.6) is 11.5 Å². The molecule has 1 aliphatic rings. The molecule has 0 saturated carbocycles. The van der Waals surface area contributed by atoms with Crippen molar-refractivity contribution >= 4 is 40.8 Å². The molecule has 0 aliphatic carbocycles. The molecule has 2 amide bonds. The number of H-pyrrole nitrogens is 1. The molecule has 1 aromatic heterocycles. The largest absolute Gasteiger partial charge is 0.496 e. The summed E-state index contributed by atoms with van der Waals surface area (Å²) in [6.07, 6.45) is 1.57. The lowest BCUT2D eigenvalue weighted by Crippen LogP contribution is -2.48. The third kappa shape index (κ3) is 6.18. The molecule has 4 rings (SSSR count). The maximum Gasteiger partial charge on any atom is 0.352 e. The Kier molecular flexibility index (Phi) is 7.32. The fourth-order valence-electron chi connectivity index (χ4n) is 3.88. The Morgan fingerprint density at radius 3 is 2.68 bits per heavy atom. The Labute approximate surface area is 212 Å². The van der Waals surface area contributed by atoms with Gasteiger partial charge in [-0.1, -0.05) is 0 Å². The molecule has 0 bridgehead atoms. The molecule has 2 aromatic carbocycles. The van der Waals surface area contributed by atoms with E-state index < -0.39 is 23.3 Å². The maximum absolute atomic E-state index is 12.5. The van der Waals surface area contributed by atoms with Crippen molar-refractivity contribution in [2.75, 3.05) is 25.6 Å². The molecule has 1 unspecified atom stereocenters. The van der Waals surface area contributed by atoms with E-state index >= 15 is 0 Å². The summed E-state index contributed by atoms with van der Waals surface area (Å²) in [5, 5.41) is 15.1. The van der Waals surface area contributed by atoms with Crippen LogP contribution in [0.2, 0.25) is 0 Å². The second-order valence-electron chi connectivity index (χ2n) is 9.18. The van der Waals surface area contributed by atoms with Crippen LogP contribution < -0.4 is 20.1 Å². The van der Waals surface area contributed by atoms with Gasteiger partial charge < -0.3 is 34.9 Å². The lowest BCUT2D eigenvalue weighted by molar-refractivity contribution is -0.137. The Morgan fingerprint density at radius 2 is 1.97 bits per heavy atom. The highest BCUT2D eigenvalue weighted by atomic mass is 16.5. The highest BCUT2D eigenvalue weighted by Gasteiger charge is 2.25. The Morgan fingerprint density at radius 1 is 1.16 bits per heavy atom. The molecule has 11 nitrogen and oxygen atoms in total. The summed E-state index contributed by atoms with van der Waals surface area (Å²) in [6, 6.07) is 11.8. The minimum absolute atomic E-state index is 0.0982. The van der Waals surface area contributed by atoms with Crippen molar-refractivity contribution in [3.63, 3.8) is 0 Å². The van der Waals surface area contributed by atoms with E-state index in [1.54, 1.807) is 50.2 Å². The average molecular weight is 509 g/mol. The number of nitrogens with zero attached hydrogens (tertiary/aromatic N) is 1. The maximum atomic E-state index is 12.5. The molecule has 1 aliphatic heterocycles. The third-order valence-corrected chi connectivity index (χ3v) is 5.89. The molecule has 194 valence electrons. The monoisotopic (exact) mass is 508 g/mol. The molecule has 0 spiro atoms. The number of aliphatic imine (C=N–C) groups is 1. The number of aromatic amines is 1. The zero-order chi connectivity index (χ0) is 26.6. The molecule has 1 atom stereocenters. The number of nitrogens with one attached hydrogen (secondary N) is 3. The van der Waals surface area contributed by atoms with Gasteiger partial charge in [0, 0.05) is 40.2 Å². The van der Waals surface area contributed by atoms with E-state index in [2.05, 4.69) is 20.6 Å². The average Bonchev–Trinajstić information content (AvgIpc) is 3.53. The van der Waals surface area contributed by atoms with E-state index in [4.69, 9.17) is 19.3 Å². The number of aromatic nitrogens is 1. The van der Waals surface area contributed by atoms with E-state index in [9.17, 15) is 14.4 Å². The van der Waals surface area contributed by atoms with Gasteiger partial charge in [0.15, 0.2) is 6.40 Å². The number of hydrogen-bond acceptors (Lipinski definition) is 7. The predicted octanol–water partition coefficient (Wildman–Crippen LogP) is 3.28. The smallest absolute Gasteiger partial charge is 0.352 e. The van der Waals surface area contributed by atoms with Gasteiger partial charge in [-0.25, -0.2) is 4.79 Å². The molecule has 0 saturated heterocycles. The number of carbonyl (C=O) groups is 3. The summed E-state index contributed by atoms with van der Waals surface area (Å²) in [5.74, 6) is -1.55. The van der Waals surface area contributed by atoms with Crippen molar-refractivity contribution in [2.45, 2.75) is 31.9 Å². The van der Waals surface area contributed by atoms with Crippen LogP contribution in [0, 0.1) is 0 Å². The number of carbonyl (C=O) groups excluding carboxylic acids is 2. The quantitative estimate of drug-likeness (QED) is 0.324. The molecule has 2 heterocycles. The topological polar surface area (TPSA) is 151 Å². The van der Waals surface area contributed by atoms with Crippen molar-refractivity contribution < 1.29 is 33.7 Å². The fourth-order valence-corrected chi connectivity index (χ4v) is 3.88. The summed E-state index contributed by atoms with van der Waals surface area (Å²) in [4.78, 5) is 43.1. The zero-order valence-electron chi connectivity index (χ0n) is 20.7. The van der Waals surface area contributed by atoms with E-state index in [0.29, 0.717) is 41.1 Å². The first-order chi connectivity index (χ1) is 17.6. The van der Waals surface area contributed by atoms with Gasteiger partial charge in [-0.2, -0.15) is 0 Å². The fraction of sp³-hybridized carbons (Fsp3) is 0.308. The van der Waals surface area contributed by atoms with Gasteiger partial charge in [-0.05, 0) is 50.2 Å². The van der Waals surface area contributed by atoms with Gasteiger partial charge in [0.2, 0.25) is 0 Å². The zero-order valence-corrected chi connectivity index (χ0v) is 20.7. The molecule has 3 aromatic rings. The molecule has 37 heavy (non-hydrogen) atoms. The molecule has 11 heteroatoms. The minimum atomic E-state index is -1.04. The predicted molar refractivity (Wildman–Crippen MR) is 136 cm³/mol. The van der Waals surface area contributed by atoms with E-state index in [1.165, 1.54) is 19.6 Å². The van der Waals surface area contributed by atoms with Gasteiger partial charge in [0.05, 0.1) is 20.3 Å². The second-order valence-corrected chi connectivity index (χ2v) is 9.18. The van der Waals surface area contributed by atoms with Crippen molar-refractivity contribution in [1.29, 1.82) is 0 Å². The highest BCUT2D eigenvalue weighted by Crippen LogP contribution is 2.32. The van der Waals surface area contributed by atoms with Gasteiger partial charge in [0.1, 0.15) is 23.3 Å². The van der Waals surface area contributed by atoms with Gasteiger partial charge in [-0.15, -0.1) is 0 Å². The van der Waals surface area contributed by atoms with Crippen LogP contribution in [0.25, 0.3) is 10.9 Å². The summed E-state index contributed by atoms with van der Waals surface area (Å²) in [7, 11) is 1.52. The van der Waals surface area contributed by atoms with E-state index in [0.717, 1.165) is 5.56 Å². The molecular formula is C26H28N4O7. The summed E-state index contributed by atoms with van der Waals surface area (Å²) in [6.45, 7) is 4.33. The standard InChI is InChI=1S/C26H28N4O7/c1-26(2,8-9-36-17-5-7-19-15(10-17)11-20(29-19)25(33)34)30-24(32)23(31)28-16-4-6-18(21(12-16)35-3)22-13-27-14-37-22/h4-7,10-12,14,22,29H,8-9,13H2,1-3H3,(H,28,31)(H,30,32)(H,33,34). The summed E-state index contributed by atoms with van der Waals surface area (Å²) in [5.41, 5.74) is 1.26. The number of aromatic carboxylic acids is 1. The number of amides is 2. The van der Waals surface area contributed by atoms with Crippen LogP contribution >= 0.6 is 0 Å². The summed E-state index contributed by atoms with van der Waals surface area (Å²) >= 11 is 0. The van der Waals surface area contributed by atoms with Crippen LogP contribution in [-0.2, 0) is 14.3 Å². The Balaban J connectivity index is 1.29. The number of ether oxygens (including phenoxy) is 3. The number of methoxy groups -OCH3 is 1. The second kappa shape index (κ2) is 10.6. The van der Waals surface area contributed by atoms with Crippen molar-refractivity contribution in [2.24, 2.45) is 4.99 Å². The van der Waals surface area contributed by atoms with Crippen LogP contribution in [0.15, 0.2) is 47.5 Å². The van der Waals surface area contributed by atoms with Crippen molar-refractivity contribution in [3.05, 3.63) is 53.7 Å². The van der Waals surface area contributed by atoms with Crippen molar-refractivity contribution in [1.82, 2.24) is 10.3 Å². The Hall–Kier alpha value is -4.54. The molecule has 0 radical (unpaired) electrons. The SMILES string of the molecule is COc1cc(NC(=O)C(=O)NC(C)(C)CCOc2ccc3[nH]c(C(=O)O)cc3c2)ccc1C1CN=CO1. The van der Waals surface area contributed by atoms with Crippen LogP contribution in [0.3, 0.4) is 0 Å². The normalized spacial score (nSPS) is 14.7.